The molecular weight excluding hydrogens is 1000 g/mol. The number of amides is 4. The number of likely N-dealkylation sites (N-methyl/N-ethyl adjacent to an activating group) is 1. The molecule has 76 heavy (non-hydrogen) atoms. The lowest BCUT2D eigenvalue weighted by atomic mass is 9.83. The summed E-state index contributed by atoms with van der Waals surface area (Å²) in [5.74, 6) is -1.86. The quantitative estimate of drug-likeness (QED) is 0.0365. The minimum Gasteiger partial charge on any atom is -0.495 e. The molecule has 6 rings (SSSR count). The van der Waals surface area contributed by atoms with Gasteiger partial charge in [0.25, 0.3) is 0 Å². The number of aryl methyl sites for hydroxylation is 1. The number of nitrogens with zero attached hydrogens (tertiary/aromatic N) is 4. The lowest BCUT2D eigenvalue weighted by Gasteiger charge is -2.42. The second kappa shape index (κ2) is 26.7. The molecule has 4 amide bonds. The van der Waals surface area contributed by atoms with Crippen molar-refractivity contribution in [3.63, 3.8) is 0 Å². The van der Waals surface area contributed by atoms with Gasteiger partial charge in [-0.25, -0.2) is 14.6 Å². The van der Waals surface area contributed by atoms with Crippen LogP contribution in [0.15, 0.2) is 66.3 Å². The van der Waals surface area contributed by atoms with Crippen LogP contribution in [-0.4, -0.2) is 164 Å². The average Bonchev–Trinajstić information content (AvgIpc) is 4.03. The van der Waals surface area contributed by atoms with Crippen LogP contribution in [0, 0.1) is 5.92 Å². The van der Waals surface area contributed by atoms with E-state index >= 15 is 0 Å². The predicted octanol–water partition coefficient (Wildman–Crippen LogP) is 4.75. The molecule has 2 aromatic carbocycles. The Kier molecular flexibility index (Phi) is 20.9. The molecule has 4 bridgehead atoms. The van der Waals surface area contributed by atoms with Crippen LogP contribution in [0.4, 0.5) is 10.5 Å². The van der Waals surface area contributed by atoms with Crippen molar-refractivity contribution in [2.75, 3.05) is 67.0 Å². The molecule has 3 aromatic rings. The first-order valence-electron chi connectivity index (χ1n) is 26.1. The Balaban J connectivity index is 1.04. The van der Waals surface area contributed by atoms with Gasteiger partial charge in [0.15, 0.2) is 5.72 Å². The van der Waals surface area contributed by atoms with Crippen molar-refractivity contribution >= 4 is 58.0 Å². The summed E-state index contributed by atoms with van der Waals surface area (Å²) in [4.78, 5) is 70.7. The summed E-state index contributed by atoms with van der Waals surface area (Å²) >= 11 is 6.83. The number of para-hydroxylation sites is 1. The third kappa shape index (κ3) is 14.7. The Morgan fingerprint density at radius 3 is 2.54 bits per heavy atom. The highest BCUT2D eigenvalue weighted by Crippen LogP contribution is 2.49. The molecule has 4 heterocycles. The van der Waals surface area contributed by atoms with Crippen molar-refractivity contribution < 1.29 is 57.9 Å². The lowest BCUT2D eigenvalue weighted by Crippen LogP contribution is -2.63. The number of nitrogens with one attached hydrogen (secondary N) is 4. The van der Waals surface area contributed by atoms with Crippen molar-refractivity contribution in [1.82, 2.24) is 35.9 Å². The van der Waals surface area contributed by atoms with Gasteiger partial charge in [0.2, 0.25) is 17.7 Å². The number of aromatic nitrogens is 1. The third-order valence-corrected chi connectivity index (χ3v) is 15.4. The molecule has 2 saturated heterocycles. The number of anilines is 1. The monoisotopic (exact) mass is 1080 g/mol. The van der Waals surface area contributed by atoms with Crippen LogP contribution in [0.5, 0.6) is 5.75 Å². The number of halogens is 1. The summed E-state index contributed by atoms with van der Waals surface area (Å²) in [5.41, 5.74) is 4.20. The van der Waals surface area contributed by atoms with E-state index in [4.69, 9.17) is 35.3 Å². The average molecular weight is 1080 g/mol. The lowest BCUT2D eigenvalue weighted by molar-refractivity contribution is -0.162. The normalized spacial score (nSPS) is 25.8. The van der Waals surface area contributed by atoms with Gasteiger partial charge < -0.3 is 58.9 Å². The molecule has 1 aromatic heterocycles. The van der Waals surface area contributed by atoms with Crippen LogP contribution in [0.2, 0.25) is 5.02 Å². The Morgan fingerprint density at radius 1 is 1.08 bits per heavy atom. The summed E-state index contributed by atoms with van der Waals surface area (Å²) in [6, 6.07) is 12.3. The smallest absolute Gasteiger partial charge is 0.409 e. The molecular formula is C55H79ClN8O12. The van der Waals surface area contributed by atoms with E-state index in [0.29, 0.717) is 56.9 Å². The van der Waals surface area contributed by atoms with E-state index in [0.717, 1.165) is 34.2 Å². The minimum atomic E-state index is -1.86. The number of aliphatic hydroxyl groups excluding tert-OH is 1. The first-order valence-corrected chi connectivity index (χ1v) is 26.5. The third-order valence-electron chi connectivity index (χ3n) is 15.0. The summed E-state index contributed by atoms with van der Waals surface area (Å²) in [6.07, 6.45) is 3.06. The number of hydrogen-bond acceptors (Lipinski definition) is 15. The van der Waals surface area contributed by atoms with Crippen LogP contribution >= 0.6 is 11.6 Å². The van der Waals surface area contributed by atoms with Crippen LogP contribution in [0.3, 0.4) is 0 Å². The number of benzene rings is 2. The van der Waals surface area contributed by atoms with Crippen LogP contribution in [0.25, 0.3) is 10.9 Å². The number of ether oxygens (including phenoxy) is 5. The van der Waals surface area contributed by atoms with E-state index in [1.54, 1.807) is 52.1 Å². The van der Waals surface area contributed by atoms with Gasteiger partial charge in [-0.05, 0) is 88.8 Å². The fourth-order valence-electron chi connectivity index (χ4n) is 10.0. The number of aliphatic hydroxyl groups is 2. The van der Waals surface area contributed by atoms with E-state index in [1.807, 2.05) is 50.3 Å². The maximum Gasteiger partial charge on any atom is 0.409 e. The topological polar surface area (TPSA) is 238 Å². The number of allylic oxidation sites excluding steroid dienone is 3. The van der Waals surface area contributed by atoms with E-state index in [1.165, 1.54) is 31.1 Å². The zero-order valence-corrected chi connectivity index (χ0v) is 46.4. The Hall–Kier alpha value is -5.58. The van der Waals surface area contributed by atoms with Crippen molar-refractivity contribution in [2.24, 2.45) is 5.92 Å². The molecule has 0 saturated carbocycles. The molecule has 0 aliphatic carbocycles. The fraction of sp³-hybridized carbons (Fsp3) is 0.582. The number of alkyl carbamates (subject to hydrolysis) is 1. The maximum absolute atomic E-state index is 14.4. The maximum atomic E-state index is 14.4. The summed E-state index contributed by atoms with van der Waals surface area (Å²) < 4.78 is 31.7. The number of esters is 1. The molecule has 3 aliphatic rings. The van der Waals surface area contributed by atoms with Gasteiger partial charge in [-0.15, -0.1) is 0 Å². The van der Waals surface area contributed by atoms with E-state index in [-0.39, 0.29) is 49.1 Å². The Bertz CT molecular complexity index is 2590. The van der Waals surface area contributed by atoms with Crippen LogP contribution in [0.1, 0.15) is 83.9 Å². The largest absolute Gasteiger partial charge is 0.495 e. The number of unbranched alkanes of at least 4 members (excludes halogenated alkanes) is 2. The number of rotatable bonds is 21. The molecule has 1 unspecified atom stereocenters. The van der Waals surface area contributed by atoms with Gasteiger partial charge in [0.05, 0.1) is 44.5 Å². The number of epoxide rings is 1. The van der Waals surface area contributed by atoms with E-state index < -0.39 is 71.7 Å². The van der Waals surface area contributed by atoms with Gasteiger partial charge >= 0.3 is 12.1 Å². The molecule has 0 spiro atoms. The standard InChI is InChI=1S/C55H79ClN8O12/c1-34-17-16-20-45(73-10)55(71)30-44(74-53(70)60-55)35(2)51-54(4,76-51)46(29-49(68)63(8)42-26-37(25-34)27-43(72-9)50(42)56)75-52(69)36(3)62(7)48(67)21-12-11-15-23-58-31-39(33-65)59-47(66)22-24-64-40(32-61(6)57-5)28-38-18-13-14-19-41(38)64/h13-14,16-20,26-28,35-36,39,44-46,51,57-58,65,71H,11-12,15,21-25,29-33H2,1-10H3,(H,59,66)(H,60,70)/b20-16+,34-17+/t35-,36+,39-,44+,45-,46+,51?,54+,55+/m1/s1. The second-order valence-electron chi connectivity index (χ2n) is 20.5. The molecule has 21 heteroatoms. The number of hydrazine groups is 1. The SMILES string of the molecule is CNN(C)Cc1cc2ccccc2n1CCC(=O)N[C@@H](CO)CNCCCCCC(=O)N(C)[C@@H](C)C(=O)O[C@H]1CC(=O)N(C)c2cc(cc(OC)c2Cl)C/C(C)=C/C=C/[C@@H](OC)[C@@]2(O)C[C@H](OC(=O)N2)[C@@H](C)C2O[C@]21C. The molecule has 3 aliphatic heterocycles. The molecule has 9 atom stereocenters. The Labute approximate surface area is 451 Å². The summed E-state index contributed by atoms with van der Waals surface area (Å²) in [5, 5.41) is 34.0. The van der Waals surface area contributed by atoms with Crippen molar-refractivity contribution in [3.8, 4) is 5.75 Å². The molecule has 2 fully saturated rings. The van der Waals surface area contributed by atoms with Gasteiger partial charge in [-0.1, -0.05) is 66.9 Å². The van der Waals surface area contributed by atoms with Gasteiger partial charge in [-0.3, -0.25) is 25.1 Å². The zero-order valence-electron chi connectivity index (χ0n) is 45.7. The number of carbonyl (C=O) groups is 5. The number of fused-ring (bicyclic) bond motifs is 6. The molecule has 20 nitrogen and oxygen atoms in total. The van der Waals surface area contributed by atoms with Gasteiger partial charge in [0.1, 0.15) is 40.7 Å². The summed E-state index contributed by atoms with van der Waals surface area (Å²) in [7, 11) is 9.83. The molecule has 0 radical (unpaired) electrons. The number of hydrogen-bond donors (Lipinski definition) is 6. The predicted molar refractivity (Wildman–Crippen MR) is 288 cm³/mol. The molecule has 418 valence electrons. The molecule has 6 N–H and O–H groups in total. The van der Waals surface area contributed by atoms with Gasteiger partial charge in [0, 0.05) is 77.7 Å². The highest BCUT2D eigenvalue weighted by Gasteiger charge is 2.64. The number of methoxy groups -OCH3 is 2. The first kappa shape index (κ1) is 59.7. The highest BCUT2D eigenvalue weighted by atomic mass is 35.5. The van der Waals surface area contributed by atoms with E-state index in [2.05, 4.69) is 38.1 Å². The van der Waals surface area contributed by atoms with Crippen molar-refractivity contribution in [2.45, 2.75) is 140 Å². The van der Waals surface area contributed by atoms with Crippen LogP contribution < -0.4 is 31.0 Å². The Morgan fingerprint density at radius 2 is 1.83 bits per heavy atom. The van der Waals surface area contributed by atoms with Crippen molar-refractivity contribution in [1.29, 1.82) is 0 Å². The first-order chi connectivity index (χ1) is 36.2. The van der Waals surface area contributed by atoms with Gasteiger partial charge in [-0.2, -0.15) is 0 Å². The minimum absolute atomic E-state index is 0.0759. The second-order valence-corrected chi connectivity index (χ2v) is 20.9. The summed E-state index contributed by atoms with van der Waals surface area (Å²) in [6.45, 7) is 8.87. The number of carbonyl (C=O) groups excluding carboxylic acids is 5. The fourth-order valence-corrected chi connectivity index (χ4v) is 10.3. The zero-order chi connectivity index (χ0) is 55.5. The van der Waals surface area contributed by atoms with Crippen molar-refractivity contribution in [3.05, 3.63) is 82.5 Å². The van der Waals surface area contributed by atoms with E-state index in [9.17, 15) is 34.2 Å². The van der Waals surface area contributed by atoms with Crippen LogP contribution in [-0.2, 0) is 57.6 Å². The highest BCUT2D eigenvalue weighted by molar-refractivity contribution is 6.35.